The second-order valence-corrected chi connectivity index (χ2v) is 7.89. The van der Waals surface area contributed by atoms with Crippen molar-refractivity contribution >= 4 is 56.2 Å². The van der Waals surface area contributed by atoms with Gasteiger partial charge in [0.15, 0.2) is 5.17 Å². The molecule has 138 valence electrons. The lowest BCUT2D eigenvalue weighted by Gasteiger charge is -2.15. The Hall–Kier alpha value is -2.83. The third kappa shape index (κ3) is 3.88. The van der Waals surface area contributed by atoms with Crippen molar-refractivity contribution in [3.8, 4) is 5.75 Å². The van der Waals surface area contributed by atoms with Gasteiger partial charge in [-0.1, -0.05) is 42.5 Å². The SMILES string of the molecule is O=C1/C(=C/c2ccc(O)c(Br)c2)SC(=Nc2ccccc2)N1c1ccccc1. The minimum absolute atomic E-state index is 0.130. The van der Waals surface area contributed by atoms with Crippen molar-refractivity contribution in [3.05, 3.63) is 93.8 Å². The highest BCUT2D eigenvalue weighted by Crippen LogP contribution is 2.37. The summed E-state index contributed by atoms with van der Waals surface area (Å²) in [5.74, 6) is 0.0277. The Morgan fingerprint density at radius 2 is 1.64 bits per heavy atom. The van der Waals surface area contributed by atoms with Gasteiger partial charge in [-0.3, -0.25) is 9.69 Å². The van der Waals surface area contributed by atoms with E-state index >= 15 is 0 Å². The fraction of sp³-hybridized carbons (Fsp3) is 0. The predicted octanol–water partition coefficient (Wildman–Crippen LogP) is 5.96. The number of aromatic hydroxyl groups is 1. The van der Waals surface area contributed by atoms with Crippen LogP contribution in [0, 0.1) is 0 Å². The molecule has 1 saturated heterocycles. The van der Waals surface area contributed by atoms with E-state index in [0.717, 1.165) is 16.9 Å². The number of rotatable bonds is 3. The molecule has 0 aliphatic carbocycles. The fourth-order valence-corrected chi connectivity index (χ4v) is 4.13. The van der Waals surface area contributed by atoms with Crippen molar-refractivity contribution in [1.29, 1.82) is 0 Å². The van der Waals surface area contributed by atoms with Crippen LogP contribution in [0.25, 0.3) is 6.08 Å². The van der Waals surface area contributed by atoms with Gasteiger partial charge >= 0.3 is 0 Å². The first kappa shape index (κ1) is 18.5. The van der Waals surface area contributed by atoms with Gasteiger partial charge < -0.3 is 5.11 Å². The first-order valence-corrected chi connectivity index (χ1v) is 10.1. The van der Waals surface area contributed by atoms with Gasteiger partial charge in [-0.25, -0.2) is 4.99 Å². The summed E-state index contributed by atoms with van der Waals surface area (Å²) in [5.41, 5.74) is 2.37. The van der Waals surface area contributed by atoms with E-state index in [4.69, 9.17) is 0 Å². The lowest BCUT2D eigenvalue weighted by Crippen LogP contribution is -2.28. The van der Waals surface area contributed by atoms with Crippen LogP contribution in [0.2, 0.25) is 0 Å². The summed E-state index contributed by atoms with van der Waals surface area (Å²) in [6.45, 7) is 0. The van der Waals surface area contributed by atoms with E-state index < -0.39 is 0 Å². The van der Waals surface area contributed by atoms with Gasteiger partial charge in [0, 0.05) is 0 Å². The van der Waals surface area contributed by atoms with Crippen LogP contribution in [-0.4, -0.2) is 16.2 Å². The van der Waals surface area contributed by atoms with E-state index in [1.807, 2.05) is 60.7 Å². The fourth-order valence-electron chi connectivity index (χ4n) is 2.73. The van der Waals surface area contributed by atoms with E-state index in [2.05, 4.69) is 20.9 Å². The Morgan fingerprint density at radius 3 is 2.32 bits per heavy atom. The highest BCUT2D eigenvalue weighted by Gasteiger charge is 2.34. The van der Waals surface area contributed by atoms with Crippen molar-refractivity contribution in [2.45, 2.75) is 0 Å². The zero-order valence-electron chi connectivity index (χ0n) is 14.6. The topological polar surface area (TPSA) is 52.9 Å². The molecule has 0 aromatic heterocycles. The molecule has 6 heteroatoms. The van der Waals surface area contributed by atoms with E-state index in [9.17, 15) is 9.90 Å². The molecule has 1 aliphatic rings. The van der Waals surface area contributed by atoms with Gasteiger partial charge in [-0.05, 0) is 75.7 Å². The molecule has 0 atom stereocenters. The van der Waals surface area contributed by atoms with Crippen LogP contribution < -0.4 is 4.90 Å². The van der Waals surface area contributed by atoms with Crippen LogP contribution in [-0.2, 0) is 4.79 Å². The third-order valence-corrected chi connectivity index (χ3v) is 5.68. The highest BCUT2D eigenvalue weighted by atomic mass is 79.9. The molecule has 0 spiro atoms. The smallest absolute Gasteiger partial charge is 0.271 e. The van der Waals surface area contributed by atoms with Crippen molar-refractivity contribution < 1.29 is 9.90 Å². The number of amidine groups is 1. The Morgan fingerprint density at radius 1 is 0.964 bits per heavy atom. The number of para-hydroxylation sites is 2. The number of carbonyl (C=O) groups excluding carboxylic acids is 1. The summed E-state index contributed by atoms with van der Waals surface area (Å²) in [6, 6.07) is 24.2. The number of carbonyl (C=O) groups is 1. The van der Waals surface area contributed by atoms with Crippen molar-refractivity contribution in [2.75, 3.05) is 4.90 Å². The molecule has 3 aromatic carbocycles. The number of amides is 1. The van der Waals surface area contributed by atoms with Gasteiger partial charge in [0.25, 0.3) is 5.91 Å². The second kappa shape index (κ2) is 8.04. The summed E-state index contributed by atoms with van der Waals surface area (Å²) in [6.07, 6.45) is 1.81. The minimum Gasteiger partial charge on any atom is -0.507 e. The average molecular weight is 451 g/mol. The number of thioether (sulfide) groups is 1. The molecule has 1 amide bonds. The summed E-state index contributed by atoms with van der Waals surface area (Å²) in [4.78, 5) is 20.0. The maximum absolute atomic E-state index is 13.2. The number of aliphatic imine (C=N–C) groups is 1. The van der Waals surface area contributed by atoms with Crippen LogP contribution in [0.3, 0.4) is 0 Å². The number of hydrogen-bond acceptors (Lipinski definition) is 4. The van der Waals surface area contributed by atoms with Crippen LogP contribution in [0.4, 0.5) is 11.4 Å². The number of halogens is 1. The maximum Gasteiger partial charge on any atom is 0.271 e. The van der Waals surface area contributed by atoms with Gasteiger partial charge in [-0.2, -0.15) is 0 Å². The van der Waals surface area contributed by atoms with Crippen molar-refractivity contribution in [1.82, 2.24) is 0 Å². The van der Waals surface area contributed by atoms with E-state index in [0.29, 0.717) is 14.5 Å². The first-order chi connectivity index (χ1) is 13.6. The number of nitrogens with zero attached hydrogens (tertiary/aromatic N) is 2. The molecule has 3 aromatic rings. The molecule has 0 unspecified atom stereocenters. The van der Waals surface area contributed by atoms with E-state index in [1.54, 1.807) is 29.2 Å². The van der Waals surface area contributed by atoms with Gasteiger partial charge in [0.05, 0.1) is 20.8 Å². The number of hydrogen-bond donors (Lipinski definition) is 1. The largest absolute Gasteiger partial charge is 0.507 e. The molecular formula is C22H15BrN2O2S. The molecule has 4 rings (SSSR count). The van der Waals surface area contributed by atoms with Gasteiger partial charge in [0.1, 0.15) is 5.75 Å². The lowest BCUT2D eigenvalue weighted by atomic mass is 10.2. The summed E-state index contributed by atoms with van der Waals surface area (Å²) in [5, 5.41) is 10.3. The minimum atomic E-state index is -0.130. The van der Waals surface area contributed by atoms with Crippen molar-refractivity contribution in [2.24, 2.45) is 4.99 Å². The zero-order valence-corrected chi connectivity index (χ0v) is 17.0. The Balaban J connectivity index is 1.76. The van der Waals surface area contributed by atoms with Crippen LogP contribution in [0.5, 0.6) is 5.75 Å². The Labute approximate surface area is 175 Å². The Kier molecular flexibility index (Phi) is 5.32. The summed E-state index contributed by atoms with van der Waals surface area (Å²) >= 11 is 4.64. The van der Waals surface area contributed by atoms with Crippen LogP contribution in [0.1, 0.15) is 5.56 Å². The molecule has 4 nitrogen and oxygen atoms in total. The number of anilines is 1. The third-order valence-electron chi connectivity index (χ3n) is 4.07. The van der Waals surface area contributed by atoms with E-state index in [-0.39, 0.29) is 11.7 Å². The quantitative estimate of drug-likeness (QED) is 0.500. The number of phenolic OH excluding ortho intramolecular Hbond substituents is 1. The highest BCUT2D eigenvalue weighted by molar-refractivity contribution is 9.10. The summed E-state index contributed by atoms with van der Waals surface area (Å²) < 4.78 is 0.579. The molecular weight excluding hydrogens is 436 g/mol. The van der Waals surface area contributed by atoms with Gasteiger partial charge in [-0.15, -0.1) is 0 Å². The predicted molar refractivity (Wildman–Crippen MR) is 119 cm³/mol. The van der Waals surface area contributed by atoms with Crippen molar-refractivity contribution in [3.63, 3.8) is 0 Å². The number of benzene rings is 3. The summed E-state index contributed by atoms with van der Waals surface area (Å²) in [7, 11) is 0. The molecule has 0 saturated carbocycles. The molecule has 1 heterocycles. The molecule has 1 fully saturated rings. The zero-order chi connectivity index (χ0) is 19.5. The maximum atomic E-state index is 13.2. The molecule has 28 heavy (non-hydrogen) atoms. The Bertz CT molecular complexity index is 1080. The monoisotopic (exact) mass is 450 g/mol. The molecule has 1 aliphatic heterocycles. The normalized spacial score (nSPS) is 16.9. The van der Waals surface area contributed by atoms with Crippen LogP contribution >= 0.6 is 27.7 Å². The van der Waals surface area contributed by atoms with Gasteiger partial charge in [0.2, 0.25) is 0 Å². The lowest BCUT2D eigenvalue weighted by molar-refractivity contribution is -0.113. The first-order valence-electron chi connectivity index (χ1n) is 8.53. The standard InChI is InChI=1S/C22H15BrN2O2S/c23-18-13-15(11-12-19(18)26)14-20-21(27)25(17-9-5-2-6-10-17)22(28-20)24-16-7-3-1-4-8-16/h1-14,26H/b20-14-,24-22?. The second-order valence-electron chi connectivity index (χ2n) is 6.03. The van der Waals surface area contributed by atoms with E-state index in [1.165, 1.54) is 11.8 Å². The van der Waals surface area contributed by atoms with Crippen LogP contribution in [0.15, 0.2) is 93.2 Å². The number of phenols is 1. The molecule has 0 radical (unpaired) electrons. The molecule has 0 bridgehead atoms. The average Bonchev–Trinajstić information content (AvgIpc) is 3.01. The molecule has 1 N–H and O–H groups in total.